The van der Waals surface area contributed by atoms with Gasteiger partial charge >= 0.3 is 6.18 Å². The Labute approximate surface area is 116 Å². The first-order valence-electron chi connectivity index (χ1n) is 5.67. The highest BCUT2D eigenvalue weighted by Gasteiger charge is 2.39. The number of aromatic nitrogens is 5. The topological polar surface area (TPSA) is 59.7 Å². The molecule has 1 aliphatic heterocycles. The van der Waals surface area contributed by atoms with Crippen LogP contribution >= 0.6 is 11.6 Å². The van der Waals surface area contributed by atoms with E-state index in [1.807, 2.05) is 0 Å². The summed E-state index contributed by atoms with van der Waals surface area (Å²) in [6.07, 6.45) is -1.63. The first kappa shape index (κ1) is 13.1. The normalized spacial score (nSPS) is 15.3. The zero-order valence-electron chi connectivity index (χ0n) is 9.97. The number of anilines is 1. The van der Waals surface area contributed by atoms with E-state index in [0.717, 1.165) is 4.57 Å². The molecule has 106 valence electrons. The van der Waals surface area contributed by atoms with Crippen molar-refractivity contribution in [2.75, 3.05) is 11.4 Å². The predicted molar refractivity (Wildman–Crippen MR) is 63.1 cm³/mol. The molecule has 6 nitrogen and oxygen atoms in total. The molecule has 0 unspecified atom stereocenters. The van der Waals surface area contributed by atoms with E-state index in [-0.39, 0.29) is 18.9 Å². The first-order chi connectivity index (χ1) is 9.45. The van der Waals surface area contributed by atoms with E-state index < -0.39 is 12.0 Å². The highest BCUT2D eigenvalue weighted by Crippen LogP contribution is 2.29. The number of hydrogen-bond donors (Lipinski definition) is 0. The molecule has 0 radical (unpaired) electrons. The molecule has 0 atom stereocenters. The van der Waals surface area contributed by atoms with Crippen molar-refractivity contribution in [3.05, 3.63) is 29.1 Å². The second-order valence-corrected chi connectivity index (χ2v) is 4.65. The second-order valence-electron chi connectivity index (χ2n) is 4.21. The Morgan fingerprint density at radius 2 is 1.80 bits per heavy atom. The van der Waals surface area contributed by atoms with Crippen LogP contribution in [0.4, 0.5) is 19.1 Å². The van der Waals surface area contributed by atoms with Crippen molar-refractivity contribution in [3.8, 4) is 0 Å². The minimum Gasteiger partial charge on any atom is -0.331 e. The van der Waals surface area contributed by atoms with E-state index in [4.69, 9.17) is 11.6 Å². The number of nitrogens with zero attached hydrogens (tertiary/aromatic N) is 6. The summed E-state index contributed by atoms with van der Waals surface area (Å²) < 4.78 is 39.2. The van der Waals surface area contributed by atoms with Crippen molar-refractivity contribution < 1.29 is 13.2 Å². The van der Waals surface area contributed by atoms with Crippen LogP contribution in [-0.2, 0) is 19.3 Å². The maximum atomic E-state index is 12.7. The third kappa shape index (κ3) is 2.28. The van der Waals surface area contributed by atoms with Crippen LogP contribution in [0.15, 0.2) is 12.4 Å². The number of alkyl halides is 3. The zero-order valence-corrected chi connectivity index (χ0v) is 10.7. The third-order valence-electron chi connectivity index (χ3n) is 2.90. The van der Waals surface area contributed by atoms with Crippen LogP contribution in [0.3, 0.4) is 0 Å². The van der Waals surface area contributed by atoms with Crippen molar-refractivity contribution in [2.24, 2.45) is 0 Å². The molecule has 3 rings (SSSR count). The van der Waals surface area contributed by atoms with Gasteiger partial charge in [0.15, 0.2) is 5.82 Å². The molecule has 0 saturated heterocycles. The molecule has 0 amide bonds. The Bertz CT molecular complexity index is 623. The molecule has 3 heterocycles. The van der Waals surface area contributed by atoms with Gasteiger partial charge in [0.1, 0.15) is 0 Å². The van der Waals surface area contributed by atoms with Gasteiger partial charge in [-0.1, -0.05) is 11.6 Å². The van der Waals surface area contributed by atoms with Crippen LogP contribution in [0.2, 0.25) is 5.02 Å². The van der Waals surface area contributed by atoms with Crippen molar-refractivity contribution in [1.29, 1.82) is 0 Å². The number of hydrogen-bond acceptors (Lipinski definition) is 5. The zero-order chi connectivity index (χ0) is 14.3. The Morgan fingerprint density at radius 3 is 2.45 bits per heavy atom. The third-order valence-corrected chi connectivity index (χ3v) is 3.09. The Kier molecular flexibility index (Phi) is 3.00. The fraction of sp³-hybridized carbons (Fsp3) is 0.400. The number of halogens is 4. The summed E-state index contributed by atoms with van der Waals surface area (Å²) in [5, 5.41) is 7.19. The van der Waals surface area contributed by atoms with E-state index in [0.29, 0.717) is 17.5 Å². The van der Waals surface area contributed by atoms with Gasteiger partial charge < -0.3 is 9.47 Å². The standard InChI is InChI=1S/C10H8ClF3N6/c11-6-3-15-9(16-4-6)19-1-2-20-7(5-19)17-18-8(20)10(12,13)14/h3-4H,1-2,5H2. The highest BCUT2D eigenvalue weighted by molar-refractivity contribution is 6.30. The molecule has 0 saturated carbocycles. The van der Waals surface area contributed by atoms with Gasteiger partial charge in [-0.2, -0.15) is 13.2 Å². The molecule has 20 heavy (non-hydrogen) atoms. The van der Waals surface area contributed by atoms with E-state index >= 15 is 0 Å². The van der Waals surface area contributed by atoms with Crippen molar-refractivity contribution in [3.63, 3.8) is 0 Å². The van der Waals surface area contributed by atoms with Crippen molar-refractivity contribution in [1.82, 2.24) is 24.7 Å². The lowest BCUT2D eigenvalue weighted by atomic mass is 10.3. The lowest BCUT2D eigenvalue weighted by Gasteiger charge is -2.27. The summed E-state index contributed by atoms with van der Waals surface area (Å²) in [6, 6.07) is 0. The monoisotopic (exact) mass is 304 g/mol. The summed E-state index contributed by atoms with van der Waals surface area (Å²) in [7, 11) is 0. The largest absolute Gasteiger partial charge is 0.451 e. The van der Waals surface area contributed by atoms with Crippen LogP contribution < -0.4 is 4.90 Å². The second kappa shape index (κ2) is 4.58. The van der Waals surface area contributed by atoms with Gasteiger partial charge in [0.25, 0.3) is 0 Å². The lowest BCUT2D eigenvalue weighted by molar-refractivity contribution is -0.147. The molecular formula is C10H8ClF3N6. The Hall–Kier alpha value is -1.90. The number of fused-ring (bicyclic) bond motifs is 1. The maximum absolute atomic E-state index is 12.7. The minimum absolute atomic E-state index is 0.128. The van der Waals surface area contributed by atoms with Gasteiger partial charge in [-0.05, 0) is 0 Å². The van der Waals surface area contributed by atoms with Crippen LogP contribution in [0.5, 0.6) is 0 Å². The summed E-state index contributed by atoms with van der Waals surface area (Å²) in [6.45, 7) is 0.642. The molecule has 0 aliphatic carbocycles. The summed E-state index contributed by atoms with van der Waals surface area (Å²) in [4.78, 5) is 9.79. The number of rotatable bonds is 1. The molecule has 2 aromatic heterocycles. The van der Waals surface area contributed by atoms with Gasteiger partial charge in [0, 0.05) is 13.1 Å². The minimum atomic E-state index is -4.50. The average Bonchev–Trinajstić information content (AvgIpc) is 2.82. The SMILES string of the molecule is FC(F)(F)c1nnc2n1CCN(c1ncc(Cl)cn1)C2. The van der Waals surface area contributed by atoms with Crippen LogP contribution in [0, 0.1) is 0 Å². The molecule has 0 bridgehead atoms. The van der Waals surface area contributed by atoms with Crippen molar-refractivity contribution >= 4 is 17.5 Å². The van der Waals surface area contributed by atoms with E-state index in [1.165, 1.54) is 12.4 Å². The van der Waals surface area contributed by atoms with Gasteiger partial charge in [-0.25, -0.2) is 9.97 Å². The molecule has 0 aromatic carbocycles. The van der Waals surface area contributed by atoms with Crippen molar-refractivity contribution in [2.45, 2.75) is 19.3 Å². The predicted octanol–water partition coefficient (Wildman–Crippen LogP) is 1.76. The summed E-state index contributed by atoms with van der Waals surface area (Å²) >= 11 is 5.69. The van der Waals surface area contributed by atoms with Crippen LogP contribution in [0.1, 0.15) is 11.6 Å². The summed E-state index contributed by atoms with van der Waals surface area (Å²) in [5.41, 5.74) is 0. The smallest absolute Gasteiger partial charge is 0.331 e. The van der Waals surface area contributed by atoms with Crippen LogP contribution in [-0.4, -0.2) is 31.3 Å². The molecule has 0 fully saturated rings. The van der Waals surface area contributed by atoms with Gasteiger partial charge in [0.2, 0.25) is 11.8 Å². The fourth-order valence-corrected chi connectivity index (χ4v) is 2.10. The van der Waals surface area contributed by atoms with Crippen LogP contribution in [0.25, 0.3) is 0 Å². The average molecular weight is 305 g/mol. The molecule has 10 heteroatoms. The quantitative estimate of drug-likeness (QED) is 0.803. The molecule has 0 N–H and O–H groups in total. The maximum Gasteiger partial charge on any atom is 0.451 e. The van der Waals surface area contributed by atoms with Gasteiger partial charge in [-0.3, -0.25) is 0 Å². The molecule has 2 aromatic rings. The molecule has 1 aliphatic rings. The first-order valence-corrected chi connectivity index (χ1v) is 6.05. The van der Waals surface area contributed by atoms with E-state index in [2.05, 4.69) is 20.2 Å². The molecule has 0 spiro atoms. The fourth-order valence-electron chi connectivity index (χ4n) is 2.01. The highest BCUT2D eigenvalue weighted by atomic mass is 35.5. The van der Waals surface area contributed by atoms with E-state index in [1.54, 1.807) is 4.90 Å². The van der Waals surface area contributed by atoms with Gasteiger partial charge in [-0.15, -0.1) is 10.2 Å². The Morgan fingerprint density at radius 1 is 1.10 bits per heavy atom. The molecular weight excluding hydrogens is 297 g/mol. The summed E-state index contributed by atoms with van der Waals surface area (Å²) in [5.74, 6) is -0.330. The lowest BCUT2D eigenvalue weighted by Crippen LogP contribution is -2.36. The Balaban J connectivity index is 1.86. The van der Waals surface area contributed by atoms with Gasteiger partial charge in [0.05, 0.1) is 24.0 Å². The van der Waals surface area contributed by atoms with E-state index in [9.17, 15) is 13.2 Å².